The van der Waals surface area contributed by atoms with Gasteiger partial charge in [-0.2, -0.15) is 4.98 Å². The van der Waals surface area contributed by atoms with Gasteiger partial charge in [0.15, 0.2) is 11.5 Å². The predicted octanol–water partition coefficient (Wildman–Crippen LogP) is 4.61. The average Bonchev–Trinajstić information content (AvgIpc) is 3.34. The van der Waals surface area contributed by atoms with E-state index in [1.54, 1.807) is 24.3 Å². The van der Waals surface area contributed by atoms with Crippen molar-refractivity contribution in [2.75, 3.05) is 32.2 Å². The second-order valence-corrected chi connectivity index (χ2v) is 9.69. The van der Waals surface area contributed by atoms with Gasteiger partial charge in [0.2, 0.25) is 26.6 Å². The first-order chi connectivity index (χ1) is 17.1. The Kier molecular flexibility index (Phi) is 6.33. The minimum Gasteiger partial charge on any atom is -0.496 e. The van der Waals surface area contributed by atoms with Crippen LogP contribution in [0.15, 0.2) is 87.1 Å². The highest BCUT2D eigenvalue weighted by molar-refractivity contribution is 7.91. The summed E-state index contributed by atoms with van der Waals surface area (Å²) in [5, 5.41) is 2.92. The fourth-order valence-corrected chi connectivity index (χ4v) is 5.10. The summed E-state index contributed by atoms with van der Waals surface area (Å²) in [6.07, 6.45) is 0.676. The number of hydrogen-bond donors (Lipinski definition) is 1. The second-order valence-electron chi connectivity index (χ2n) is 7.82. The van der Waals surface area contributed by atoms with E-state index in [1.165, 1.54) is 19.2 Å². The number of para-hydroxylation sites is 1. The number of nitrogens with one attached hydrogen (secondary N) is 1. The molecule has 3 aromatic carbocycles. The molecular formula is C26H24N2O6S. The molecular weight excluding hydrogens is 468 g/mol. The molecule has 0 saturated heterocycles. The first-order valence-corrected chi connectivity index (χ1v) is 12.6. The maximum Gasteiger partial charge on any atom is 0.233 e. The molecule has 9 heteroatoms. The van der Waals surface area contributed by atoms with Gasteiger partial charge in [0.25, 0.3) is 0 Å². The lowest BCUT2D eigenvalue weighted by molar-refractivity contribution is 0.171. The number of anilines is 1. The largest absolute Gasteiger partial charge is 0.496 e. The zero-order chi connectivity index (χ0) is 24.3. The fraction of sp³-hybridized carbons (Fsp3) is 0.192. The van der Waals surface area contributed by atoms with Gasteiger partial charge in [0, 0.05) is 12.6 Å². The van der Waals surface area contributed by atoms with Crippen molar-refractivity contribution in [1.29, 1.82) is 0 Å². The highest BCUT2D eigenvalue weighted by Gasteiger charge is 2.30. The number of oxazole rings is 1. The zero-order valence-corrected chi connectivity index (χ0v) is 19.9. The second kappa shape index (κ2) is 9.71. The van der Waals surface area contributed by atoms with Crippen molar-refractivity contribution in [3.05, 3.63) is 78.4 Å². The molecule has 2 heterocycles. The van der Waals surface area contributed by atoms with E-state index < -0.39 is 9.84 Å². The Balaban J connectivity index is 1.53. The molecule has 180 valence electrons. The van der Waals surface area contributed by atoms with E-state index in [2.05, 4.69) is 10.3 Å². The van der Waals surface area contributed by atoms with Gasteiger partial charge in [-0.3, -0.25) is 0 Å². The van der Waals surface area contributed by atoms with Crippen molar-refractivity contribution in [3.8, 4) is 28.7 Å². The van der Waals surface area contributed by atoms with Crippen molar-refractivity contribution in [2.45, 2.75) is 16.3 Å². The van der Waals surface area contributed by atoms with Crippen LogP contribution in [0.3, 0.4) is 0 Å². The van der Waals surface area contributed by atoms with Crippen molar-refractivity contribution >= 4 is 15.7 Å². The van der Waals surface area contributed by atoms with Crippen LogP contribution in [0.4, 0.5) is 5.88 Å². The van der Waals surface area contributed by atoms with E-state index >= 15 is 0 Å². The highest BCUT2D eigenvalue weighted by Crippen LogP contribution is 2.38. The van der Waals surface area contributed by atoms with Gasteiger partial charge >= 0.3 is 0 Å². The first kappa shape index (κ1) is 22.8. The number of methoxy groups -OCH3 is 1. The predicted molar refractivity (Wildman–Crippen MR) is 130 cm³/mol. The van der Waals surface area contributed by atoms with Crippen LogP contribution in [0.1, 0.15) is 5.56 Å². The van der Waals surface area contributed by atoms with Gasteiger partial charge in [0.05, 0.1) is 17.6 Å². The summed E-state index contributed by atoms with van der Waals surface area (Å²) in [5.41, 5.74) is 1.66. The Bertz CT molecular complexity index is 1430. The maximum atomic E-state index is 13.7. The molecule has 0 atom stereocenters. The van der Waals surface area contributed by atoms with Gasteiger partial charge in [-0.25, -0.2) is 8.42 Å². The summed E-state index contributed by atoms with van der Waals surface area (Å²) in [6, 6.07) is 21.6. The average molecular weight is 493 g/mol. The van der Waals surface area contributed by atoms with Crippen LogP contribution in [0.5, 0.6) is 17.2 Å². The van der Waals surface area contributed by atoms with Crippen molar-refractivity contribution < 1.29 is 27.0 Å². The van der Waals surface area contributed by atoms with Crippen molar-refractivity contribution in [3.63, 3.8) is 0 Å². The summed E-state index contributed by atoms with van der Waals surface area (Å²) in [5.74, 6) is 1.61. The summed E-state index contributed by atoms with van der Waals surface area (Å²) in [4.78, 5) is 4.44. The molecule has 0 radical (unpaired) electrons. The minimum atomic E-state index is -4.05. The molecule has 1 aromatic heterocycles. The molecule has 0 amide bonds. The smallest absolute Gasteiger partial charge is 0.233 e. The first-order valence-electron chi connectivity index (χ1n) is 11.1. The normalized spacial score (nSPS) is 12.8. The van der Waals surface area contributed by atoms with E-state index in [0.717, 1.165) is 5.56 Å². The summed E-state index contributed by atoms with van der Waals surface area (Å²) in [6.45, 7) is 1.22. The van der Waals surface area contributed by atoms with Crippen LogP contribution in [-0.2, 0) is 16.3 Å². The van der Waals surface area contributed by atoms with Crippen LogP contribution in [0.2, 0.25) is 0 Å². The molecule has 1 aliphatic rings. The number of rotatable bonds is 8. The molecule has 0 aliphatic carbocycles. The molecule has 1 N–H and O–H groups in total. The third kappa shape index (κ3) is 4.67. The van der Waals surface area contributed by atoms with E-state index in [9.17, 15) is 8.42 Å². The van der Waals surface area contributed by atoms with E-state index in [4.69, 9.17) is 18.6 Å². The quantitative estimate of drug-likeness (QED) is 0.381. The molecule has 1 aliphatic heterocycles. The van der Waals surface area contributed by atoms with Crippen LogP contribution in [0, 0.1) is 0 Å². The van der Waals surface area contributed by atoms with Crippen LogP contribution in [-0.4, -0.2) is 40.3 Å². The Hall–Kier alpha value is -3.98. The van der Waals surface area contributed by atoms with Crippen LogP contribution in [0.25, 0.3) is 11.5 Å². The topological polar surface area (TPSA) is 99.9 Å². The summed E-state index contributed by atoms with van der Waals surface area (Å²) < 4.78 is 49.9. The fourth-order valence-electron chi connectivity index (χ4n) is 3.80. The van der Waals surface area contributed by atoms with E-state index in [-0.39, 0.29) is 21.7 Å². The Morgan fingerprint density at radius 1 is 0.943 bits per heavy atom. The van der Waals surface area contributed by atoms with Crippen LogP contribution >= 0.6 is 0 Å². The van der Waals surface area contributed by atoms with Crippen LogP contribution < -0.4 is 19.5 Å². The summed E-state index contributed by atoms with van der Waals surface area (Å²) >= 11 is 0. The third-order valence-corrected chi connectivity index (χ3v) is 7.21. The van der Waals surface area contributed by atoms with Gasteiger partial charge in [0.1, 0.15) is 19.0 Å². The lowest BCUT2D eigenvalue weighted by Crippen LogP contribution is -2.16. The lowest BCUT2D eigenvalue weighted by Gasteiger charge is -2.18. The van der Waals surface area contributed by atoms with Gasteiger partial charge in [-0.1, -0.05) is 42.5 Å². The Labute approximate surface area is 203 Å². The van der Waals surface area contributed by atoms with Gasteiger partial charge < -0.3 is 23.9 Å². The van der Waals surface area contributed by atoms with Gasteiger partial charge in [-0.05, 0) is 36.2 Å². The molecule has 4 aromatic rings. The third-order valence-electron chi connectivity index (χ3n) is 5.55. The number of fused-ring (bicyclic) bond motifs is 1. The van der Waals surface area contributed by atoms with Crippen molar-refractivity contribution in [2.24, 2.45) is 0 Å². The number of hydrogen-bond acceptors (Lipinski definition) is 8. The highest BCUT2D eigenvalue weighted by atomic mass is 32.2. The molecule has 8 nitrogen and oxygen atoms in total. The molecule has 5 rings (SSSR count). The molecule has 0 fully saturated rings. The monoisotopic (exact) mass is 492 g/mol. The number of benzene rings is 3. The number of ether oxygens (including phenoxy) is 3. The molecule has 35 heavy (non-hydrogen) atoms. The number of aromatic nitrogens is 1. The SMILES string of the molecule is COc1ccccc1-c1nc(S(=O)(=O)c2ccc3c(c2)OCCO3)c(NCCc2ccccc2)o1. The molecule has 0 bridgehead atoms. The lowest BCUT2D eigenvalue weighted by atomic mass is 10.1. The molecule has 0 unspecified atom stereocenters. The maximum absolute atomic E-state index is 13.7. The number of nitrogens with zero attached hydrogens (tertiary/aromatic N) is 1. The standard InChI is InChI=1S/C26H24N2O6S/c1-31-21-10-6-5-9-20(21)24-28-26(25(34-24)27-14-13-18-7-3-2-4-8-18)35(29,30)19-11-12-22-23(17-19)33-16-15-32-22/h2-12,17,27H,13-16H2,1H3. The summed E-state index contributed by atoms with van der Waals surface area (Å²) in [7, 11) is -2.51. The zero-order valence-electron chi connectivity index (χ0n) is 19.1. The molecule has 0 saturated carbocycles. The Morgan fingerprint density at radius 2 is 1.69 bits per heavy atom. The minimum absolute atomic E-state index is 0.0349. The van der Waals surface area contributed by atoms with E-state index in [0.29, 0.717) is 49.0 Å². The Morgan fingerprint density at radius 3 is 2.49 bits per heavy atom. The molecule has 0 spiro atoms. The number of sulfone groups is 1. The van der Waals surface area contributed by atoms with E-state index in [1.807, 2.05) is 36.4 Å². The van der Waals surface area contributed by atoms with Gasteiger partial charge in [-0.15, -0.1) is 0 Å². The van der Waals surface area contributed by atoms with Crippen molar-refractivity contribution in [1.82, 2.24) is 4.98 Å².